The number of aromatic nitrogens is 2. The van der Waals surface area contributed by atoms with Gasteiger partial charge in [0.05, 0.1) is 35.1 Å². The van der Waals surface area contributed by atoms with E-state index in [1.807, 2.05) is 30.3 Å². The number of esters is 2. The van der Waals surface area contributed by atoms with E-state index < -0.39 is 17.5 Å². The van der Waals surface area contributed by atoms with Gasteiger partial charge in [0.1, 0.15) is 13.2 Å². The number of ether oxygens (including phenoxy) is 3. The molecule has 8 heteroatoms. The number of carbonyl (C=O) groups is 2. The number of pyridine rings is 2. The molecule has 6 rings (SSSR count). The van der Waals surface area contributed by atoms with Crippen molar-refractivity contribution in [2.24, 2.45) is 17.8 Å². The first kappa shape index (κ1) is 26.7. The Bertz CT molecular complexity index is 1560. The number of carbonyl (C=O) groups excluding carboxylic acids is 2. The maximum Gasteiger partial charge on any atom is 0.355 e. The first-order valence-corrected chi connectivity index (χ1v) is 14.4. The second-order valence-corrected chi connectivity index (χ2v) is 11.9. The number of hydrogen-bond acceptors (Lipinski definition) is 7. The van der Waals surface area contributed by atoms with Crippen LogP contribution in [0.1, 0.15) is 70.1 Å². The van der Waals surface area contributed by atoms with E-state index in [0.717, 1.165) is 35.7 Å². The fourth-order valence-electron chi connectivity index (χ4n) is 6.79. The molecule has 8 nitrogen and oxygen atoms in total. The smallest absolute Gasteiger partial charge is 0.355 e. The van der Waals surface area contributed by atoms with Crippen molar-refractivity contribution in [3.05, 3.63) is 63.4 Å². The molecule has 1 saturated carbocycles. The normalized spacial score (nSPS) is 25.3. The van der Waals surface area contributed by atoms with E-state index in [-0.39, 0.29) is 31.3 Å². The van der Waals surface area contributed by atoms with Crippen molar-refractivity contribution in [2.75, 3.05) is 6.61 Å². The van der Waals surface area contributed by atoms with Crippen LogP contribution < -0.4 is 5.56 Å². The molecule has 0 spiro atoms. The Kier molecular flexibility index (Phi) is 6.77. The lowest BCUT2D eigenvalue weighted by Crippen LogP contribution is -2.48. The zero-order chi connectivity index (χ0) is 28.2. The molecule has 2 aromatic heterocycles. The van der Waals surface area contributed by atoms with E-state index in [4.69, 9.17) is 19.2 Å². The zero-order valence-electron chi connectivity index (χ0n) is 23.6. The van der Waals surface area contributed by atoms with Crippen LogP contribution in [0.4, 0.5) is 0 Å². The number of para-hydroxylation sites is 1. The summed E-state index contributed by atoms with van der Waals surface area (Å²) in [5.41, 5.74) is 1.79. The van der Waals surface area contributed by atoms with Gasteiger partial charge in [0.2, 0.25) is 5.60 Å². The highest BCUT2D eigenvalue weighted by Crippen LogP contribution is 2.41. The second-order valence-electron chi connectivity index (χ2n) is 11.9. The Hall–Kier alpha value is -3.52. The largest absolute Gasteiger partial charge is 0.457 e. The summed E-state index contributed by atoms with van der Waals surface area (Å²) in [5.74, 6) is 0.0331. The topological polar surface area (TPSA) is 96.7 Å². The molecule has 1 fully saturated rings. The van der Waals surface area contributed by atoms with Crippen molar-refractivity contribution in [2.45, 2.75) is 78.2 Å². The van der Waals surface area contributed by atoms with Crippen LogP contribution in [0.3, 0.4) is 0 Å². The van der Waals surface area contributed by atoms with E-state index in [1.54, 1.807) is 17.6 Å². The summed E-state index contributed by atoms with van der Waals surface area (Å²) in [7, 11) is 0. The molecule has 0 radical (unpaired) electrons. The van der Waals surface area contributed by atoms with Crippen LogP contribution in [0.5, 0.6) is 0 Å². The van der Waals surface area contributed by atoms with Gasteiger partial charge in [0.25, 0.3) is 5.56 Å². The van der Waals surface area contributed by atoms with Crippen molar-refractivity contribution in [1.82, 2.24) is 9.55 Å². The summed E-state index contributed by atoms with van der Waals surface area (Å²) in [6.45, 7) is 8.29. The van der Waals surface area contributed by atoms with Gasteiger partial charge >= 0.3 is 11.9 Å². The Morgan fingerprint density at radius 1 is 1.20 bits per heavy atom. The molecule has 0 saturated heterocycles. The van der Waals surface area contributed by atoms with Gasteiger partial charge in [-0.25, -0.2) is 14.6 Å². The first-order chi connectivity index (χ1) is 19.2. The average molecular weight is 545 g/mol. The Balaban J connectivity index is 1.33. The molecule has 0 N–H and O–H groups in total. The van der Waals surface area contributed by atoms with Crippen LogP contribution in [0, 0.1) is 17.8 Å². The SMILES string of the molecule is CC[C@@]1(OC(=O)CO[C@@H]2C[C@H](C)CC[C@H]2C(C)C)C(=O)OCc2c1cc1n(c2=O)Cc2cc3ccccc3nc2-1. The molecule has 3 aromatic rings. The highest BCUT2D eigenvalue weighted by Gasteiger charge is 2.50. The van der Waals surface area contributed by atoms with Gasteiger partial charge in [-0.1, -0.05) is 52.3 Å². The molecule has 4 atom stereocenters. The van der Waals surface area contributed by atoms with Gasteiger partial charge < -0.3 is 18.8 Å². The number of cyclic esters (lactones) is 1. The molecule has 3 aliphatic rings. The van der Waals surface area contributed by atoms with Crippen LogP contribution >= 0.6 is 0 Å². The molecule has 0 amide bonds. The van der Waals surface area contributed by atoms with E-state index in [9.17, 15) is 14.4 Å². The van der Waals surface area contributed by atoms with Crippen molar-refractivity contribution >= 4 is 22.8 Å². The predicted molar refractivity (Wildman–Crippen MR) is 149 cm³/mol. The summed E-state index contributed by atoms with van der Waals surface area (Å²) in [6, 6.07) is 11.6. The molecule has 210 valence electrons. The quantitative estimate of drug-likeness (QED) is 0.311. The van der Waals surface area contributed by atoms with Crippen LogP contribution in [0.25, 0.3) is 22.3 Å². The molecular formula is C32H36N2O6. The molecule has 2 aliphatic heterocycles. The van der Waals surface area contributed by atoms with Gasteiger partial charge in [0.15, 0.2) is 0 Å². The van der Waals surface area contributed by atoms with Gasteiger partial charge in [-0.05, 0) is 55.2 Å². The fourth-order valence-corrected chi connectivity index (χ4v) is 6.79. The monoisotopic (exact) mass is 544 g/mol. The Morgan fingerprint density at radius 2 is 2.00 bits per heavy atom. The summed E-state index contributed by atoms with van der Waals surface area (Å²) in [5, 5.41) is 0.995. The van der Waals surface area contributed by atoms with Gasteiger partial charge in [-0.15, -0.1) is 0 Å². The van der Waals surface area contributed by atoms with Gasteiger partial charge in [-0.3, -0.25) is 4.79 Å². The standard InChI is InChI=1S/C32H36N2O6/c1-5-32(40-28(35)17-38-27-12-19(4)10-11-22(27)18(2)3)24-14-26-29-21(13-20-8-6-7-9-25(20)33-29)15-34(26)30(36)23(24)16-39-31(32)37/h6-9,13-14,18-19,22,27H,5,10-12,15-17H2,1-4H3/t19-,22+,27-,32+/m1/s1. The fraction of sp³-hybridized carbons (Fsp3) is 0.500. The number of nitrogens with zero attached hydrogens (tertiary/aromatic N) is 2. The summed E-state index contributed by atoms with van der Waals surface area (Å²) >= 11 is 0. The molecule has 1 aromatic carbocycles. The lowest BCUT2D eigenvalue weighted by molar-refractivity contribution is -0.193. The van der Waals surface area contributed by atoms with E-state index >= 15 is 0 Å². The molecule has 1 aliphatic carbocycles. The van der Waals surface area contributed by atoms with Gasteiger partial charge in [-0.2, -0.15) is 0 Å². The minimum absolute atomic E-state index is 0.0372. The molecule has 0 unspecified atom stereocenters. The van der Waals surface area contributed by atoms with Crippen molar-refractivity contribution in [3.63, 3.8) is 0 Å². The highest BCUT2D eigenvalue weighted by atomic mass is 16.6. The zero-order valence-corrected chi connectivity index (χ0v) is 23.6. The Morgan fingerprint density at radius 3 is 2.77 bits per heavy atom. The van der Waals surface area contributed by atoms with Crippen LogP contribution in [0.2, 0.25) is 0 Å². The van der Waals surface area contributed by atoms with Crippen LogP contribution in [-0.4, -0.2) is 34.2 Å². The van der Waals surface area contributed by atoms with Crippen molar-refractivity contribution in [1.29, 1.82) is 0 Å². The third-order valence-electron chi connectivity index (χ3n) is 9.05. The molecule has 4 heterocycles. The summed E-state index contributed by atoms with van der Waals surface area (Å²) in [6.07, 6.45) is 3.20. The maximum absolute atomic E-state index is 13.7. The van der Waals surface area contributed by atoms with Crippen molar-refractivity contribution < 1.29 is 23.8 Å². The third kappa shape index (κ3) is 4.33. The van der Waals surface area contributed by atoms with Crippen LogP contribution in [0.15, 0.2) is 41.2 Å². The lowest BCUT2D eigenvalue weighted by Gasteiger charge is -2.38. The number of rotatable bonds is 6. The summed E-state index contributed by atoms with van der Waals surface area (Å²) in [4.78, 5) is 45.1. The number of fused-ring (bicyclic) bond motifs is 5. The lowest BCUT2D eigenvalue weighted by atomic mass is 9.75. The minimum atomic E-state index is -1.72. The maximum atomic E-state index is 13.7. The minimum Gasteiger partial charge on any atom is -0.457 e. The summed E-state index contributed by atoms with van der Waals surface area (Å²) < 4.78 is 19.2. The Labute approximate surface area is 233 Å². The van der Waals surface area contributed by atoms with Crippen molar-refractivity contribution in [3.8, 4) is 11.4 Å². The predicted octanol–water partition coefficient (Wildman–Crippen LogP) is 5.11. The first-order valence-electron chi connectivity index (χ1n) is 14.4. The average Bonchev–Trinajstić information content (AvgIpc) is 3.30. The number of benzene rings is 1. The third-order valence-corrected chi connectivity index (χ3v) is 9.05. The molecule has 0 bridgehead atoms. The highest BCUT2D eigenvalue weighted by molar-refractivity contribution is 5.88. The molecular weight excluding hydrogens is 508 g/mol. The molecule has 40 heavy (non-hydrogen) atoms. The van der Waals surface area contributed by atoms with Gasteiger partial charge in [0, 0.05) is 16.5 Å². The van der Waals surface area contributed by atoms with Crippen LogP contribution in [-0.2, 0) is 42.6 Å². The van der Waals surface area contributed by atoms with E-state index in [2.05, 4.69) is 20.8 Å². The number of hydrogen-bond donors (Lipinski definition) is 0. The second kappa shape index (κ2) is 10.1. The van der Waals surface area contributed by atoms with E-state index in [0.29, 0.717) is 46.8 Å². The van der Waals surface area contributed by atoms with E-state index in [1.165, 1.54) is 0 Å².